The fourth-order valence-electron chi connectivity index (χ4n) is 3.27. The summed E-state index contributed by atoms with van der Waals surface area (Å²) in [6.45, 7) is 3.75. The average Bonchev–Trinajstić information content (AvgIpc) is 3.11. The Hall–Kier alpha value is -2.21. The van der Waals surface area contributed by atoms with Crippen molar-refractivity contribution in [2.45, 2.75) is 32.1 Å². The number of hydrogen-bond acceptors (Lipinski definition) is 4. The van der Waals surface area contributed by atoms with E-state index < -0.39 is 0 Å². The number of imidazole rings is 1. The zero-order chi connectivity index (χ0) is 16.9. The minimum atomic E-state index is 0.0567. The molecule has 0 radical (unpaired) electrons. The smallest absolute Gasteiger partial charge is 0.248 e. The maximum absolute atomic E-state index is 12.1. The van der Waals surface area contributed by atoms with Crippen molar-refractivity contribution in [3.8, 4) is 5.82 Å². The molecule has 0 bridgehead atoms. The number of methoxy groups -OCH3 is 1. The second kappa shape index (κ2) is 7.57. The molecule has 6 heteroatoms. The fraction of sp³-hybridized carbons (Fsp3) is 0.500. The number of amides is 1. The Balaban J connectivity index is 1.80. The molecule has 1 unspecified atom stereocenters. The third-order valence-electron chi connectivity index (χ3n) is 4.50. The number of piperidine rings is 1. The first kappa shape index (κ1) is 16.6. The molecule has 2 aromatic rings. The van der Waals surface area contributed by atoms with E-state index in [2.05, 4.69) is 18.0 Å². The molecule has 1 amide bonds. The number of hydrogen-bond donors (Lipinski definition) is 0. The average molecular weight is 328 g/mol. The van der Waals surface area contributed by atoms with E-state index in [-0.39, 0.29) is 18.4 Å². The predicted octanol–water partition coefficient (Wildman–Crippen LogP) is 2.18. The Morgan fingerprint density at radius 3 is 3.08 bits per heavy atom. The molecule has 0 saturated carbocycles. The van der Waals surface area contributed by atoms with Crippen molar-refractivity contribution >= 4 is 5.91 Å². The lowest BCUT2D eigenvalue weighted by molar-refractivity contribution is -0.136. The normalized spacial score (nSPS) is 17.9. The van der Waals surface area contributed by atoms with Crippen molar-refractivity contribution in [2.24, 2.45) is 0 Å². The van der Waals surface area contributed by atoms with Crippen LogP contribution in [0.1, 0.15) is 37.2 Å². The van der Waals surface area contributed by atoms with Crippen LogP contribution in [0.15, 0.2) is 30.6 Å². The minimum Gasteiger partial charge on any atom is -0.375 e. The summed E-state index contributed by atoms with van der Waals surface area (Å²) in [7, 11) is 1.56. The molecule has 6 nitrogen and oxygen atoms in total. The summed E-state index contributed by atoms with van der Waals surface area (Å²) < 4.78 is 7.00. The van der Waals surface area contributed by atoms with E-state index in [1.807, 2.05) is 27.8 Å². The fourth-order valence-corrected chi connectivity index (χ4v) is 3.27. The van der Waals surface area contributed by atoms with Crippen molar-refractivity contribution in [2.75, 3.05) is 26.8 Å². The molecule has 1 atom stereocenters. The molecule has 3 rings (SSSR count). The lowest BCUT2D eigenvalue weighted by atomic mass is 9.94. The molecule has 1 aliphatic rings. The molecule has 128 valence electrons. The van der Waals surface area contributed by atoms with Crippen LogP contribution in [0.4, 0.5) is 0 Å². The number of aryl methyl sites for hydroxylation is 1. The van der Waals surface area contributed by atoms with Gasteiger partial charge in [-0.15, -0.1) is 0 Å². The van der Waals surface area contributed by atoms with Gasteiger partial charge in [0.15, 0.2) is 0 Å². The van der Waals surface area contributed by atoms with E-state index in [1.54, 1.807) is 13.3 Å². The standard InChI is InChI=1S/C18H24N4O2/c1-3-16-19-9-11-22(16)17-8-4-7-15(20-17)14-6-5-10-21(12-14)18(23)13-24-2/h4,7-9,11,14H,3,5-6,10,12-13H2,1-2H3. The van der Waals surface area contributed by atoms with E-state index in [4.69, 9.17) is 9.72 Å². The Morgan fingerprint density at radius 2 is 2.29 bits per heavy atom. The van der Waals surface area contributed by atoms with Crippen molar-refractivity contribution in [1.82, 2.24) is 19.4 Å². The summed E-state index contributed by atoms with van der Waals surface area (Å²) in [4.78, 5) is 23.2. The number of rotatable bonds is 5. The van der Waals surface area contributed by atoms with E-state index in [9.17, 15) is 4.79 Å². The molecule has 1 fully saturated rings. The molecule has 24 heavy (non-hydrogen) atoms. The van der Waals surface area contributed by atoms with Crippen LogP contribution in [-0.4, -0.2) is 52.1 Å². The molecule has 1 saturated heterocycles. The van der Waals surface area contributed by atoms with Crippen molar-refractivity contribution in [1.29, 1.82) is 0 Å². The second-order valence-corrected chi connectivity index (χ2v) is 6.10. The number of likely N-dealkylation sites (tertiary alicyclic amines) is 1. The van der Waals surface area contributed by atoms with Gasteiger partial charge in [-0.25, -0.2) is 9.97 Å². The van der Waals surface area contributed by atoms with Crippen LogP contribution >= 0.6 is 0 Å². The van der Waals surface area contributed by atoms with E-state index in [0.717, 1.165) is 43.1 Å². The summed E-state index contributed by atoms with van der Waals surface area (Å²) in [6.07, 6.45) is 6.66. The number of carbonyl (C=O) groups excluding carboxylic acids is 1. The predicted molar refractivity (Wildman–Crippen MR) is 91.2 cm³/mol. The summed E-state index contributed by atoms with van der Waals surface area (Å²) in [6, 6.07) is 6.09. The highest BCUT2D eigenvalue weighted by Crippen LogP contribution is 2.26. The quantitative estimate of drug-likeness (QED) is 0.844. The minimum absolute atomic E-state index is 0.0567. The highest BCUT2D eigenvalue weighted by molar-refractivity contribution is 5.77. The Bertz CT molecular complexity index is 698. The SMILES string of the molecule is CCc1nccn1-c1cccc(C2CCCN(C(=O)COC)C2)n1. The number of ether oxygens (including phenoxy) is 1. The lowest BCUT2D eigenvalue weighted by Gasteiger charge is -2.32. The van der Waals surface area contributed by atoms with Crippen LogP contribution in [-0.2, 0) is 16.0 Å². The van der Waals surface area contributed by atoms with Gasteiger partial charge in [0, 0.05) is 50.6 Å². The van der Waals surface area contributed by atoms with Gasteiger partial charge in [0.25, 0.3) is 0 Å². The zero-order valence-corrected chi connectivity index (χ0v) is 14.3. The van der Waals surface area contributed by atoms with Gasteiger partial charge in [-0.1, -0.05) is 13.0 Å². The molecule has 0 aliphatic carbocycles. The molecular formula is C18H24N4O2. The summed E-state index contributed by atoms with van der Waals surface area (Å²) in [5.74, 6) is 2.22. The van der Waals surface area contributed by atoms with Crippen LogP contribution in [0.2, 0.25) is 0 Å². The Labute approximate surface area is 142 Å². The summed E-state index contributed by atoms with van der Waals surface area (Å²) in [5.41, 5.74) is 1.04. The van der Waals surface area contributed by atoms with Crippen LogP contribution in [0.5, 0.6) is 0 Å². The number of nitrogens with zero attached hydrogens (tertiary/aromatic N) is 4. The topological polar surface area (TPSA) is 60.2 Å². The first-order valence-electron chi connectivity index (χ1n) is 8.49. The highest BCUT2D eigenvalue weighted by Gasteiger charge is 2.25. The maximum atomic E-state index is 12.1. The van der Waals surface area contributed by atoms with E-state index in [1.165, 1.54) is 0 Å². The number of aromatic nitrogens is 3. The lowest BCUT2D eigenvalue weighted by Crippen LogP contribution is -2.41. The molecule has 1 aliphatic heterocycles. The first-order chi connectivity index (χ1) is 11.7. The number of pyridine rings is 1. The van der Waals surface area contributed by atoms with Gasteiger partial charge in [-0.2, -0.15) is 0 Å². The highest BCUT2D eigenvalue weighted by atomic mass is 16.5. The molecule has 2 aromatic heterocycles. The van der Waals surface area contributed by atoms with Gasteiger partial charge in [0.1, 0.15) is 18.2 Å². The Morgan fingerprint density at radius 1 is 1.42 bits per heavy atom. The van der Waals surface area contributed by atoms with Crippen molar-refractivity contribution < 1.29 is 9.53 Å². The van der Waals surface area contributed by atoms with Crippen molar-refractivity contribution in [3.63, 3.8) is 0 Å². The van der Waals surface area contributed by atoms with Gasteiger partial charge in [-0.05, 0) is 25.0 Å². The monoisotopic (exact) mass is 328 g/mol. The molecule has 0 N–H and O–H groups in total. The molecule has 0 spiro atoms. The van der Waals surface area contributed by atoms with E-state index >= 15 is 0 Å². The third-order valence-corrected chi connectivity index (χ3v) is 4.50. The largest absolute Gasteiger partial charge is 0.375 e. The van der Waals surface area contributed by atoms with Gasteiger partial charge in [0.2, 0.25) is 5.91 Å². The van der Waals surface area contributed by atoms with Crippen molar-refractivity contribution in [3.05, 3.63) is 42.1 Å². The summed E-state index contributed by atoms with van der Waals surface area (Å²) in [5, 5.41) is 0. The molecule has 3 heterocycles. The van der Waals surface area contributed by atoms with Gasteiger partial charge >= 0.3 is 0 Å². The maximum Gasteiger partial charge on any atom is 0.248 e. The summed E-state index contributed by atoms with van der Waals surface area (Å²) >= 11 is 0. The van der Waals surface area contributed by atoms with Gasteiger partial charge in [-0.3, -0.25) is 9.36 Å². The van der Waals surface area contributed by atoms with E-state index in [0.29, 0.717) is 6.54 Å². The molecule has 0 aromatic carbocycles. The Kier molecular flexibility index (Phi) is 5.25. The van der Waals surface area contributed by atoms with Crippen LogP contribution in [0.25, 0.3) is 5.82 Å². The van der Waals surface area contributed by atoms with Gasteiger partial charge in [0.05, 0.1) is 0 Å². The second-order valence-electron chi connectivity index (χ2n) is 6.10. The van der Waals surface area contributed by atoms with Gasteiger partial charge < -0.3 is 9.64 Å². The van der Waals surface area contributed by atoms with Crippen LogP contribution in [0.3, 0.4) is 0 Å². The first-order valence-corrected chi connectivity index (χ1v) is 8.49. The number of carbonyl (C=O) groups is 1. The van der Waals surface area contributed by atoms with Crippen LogP contribution < -0.4 is 0 Å². The van der Waals surface area contributed by atoms with Crippen LogP contribution in [0, 0.1) is 0 Å². The third kappa shape index (κ3) is 3.48. The molecular weight excluding hydrogens is 304 g/mol. The zero-order valence-electron chi connectivity index (χ0n) is 14.3.